The lowest BCUT2D eigenvalue weighted by atomic mass is 10.1. The Hall–Kier alpha value is -3.67. The molecule has 0 rings (SSSR count). The van der Waals surface area contributed by atoms with Crippen LogP contribution in [-0.2, 0) is 28.6 Å². The van der Waals surface area contributed by atoms with Gasteiger partial charge in [-0.1, -0.05) is 234 Å². The zero-order chi connectivity index (χ0) is 50.7. The first-order chi connectivity index (χ1) is 34.5. The van der Waals surface area contributed by atoms with Gasteiger partial charge in [0.2, 0.25) is 0 Å². The van der Waals surface area contributed by atoms with Crippen molar-refractivity contribution in [2.24, 2.45) is 0 Å². The molecule has 0 aliphatic rings. The lowest BCUT2D eigenvalue weighted by Gasteiger charge is -2.18. The summed E-state index contributed by atoms with van der Waals surface area (Å²) in [5.41, 5.74) is 0. The van der Waals surface area contributed by atoms with Gasteiger partial charge in [0.05, 0.1) is 0 Å². The third kappa shape index (κ3) is 55.3. The second-order valence-electron chi connectivity index (χ2n) is 19.2. The molecule has 400 valence electrons. The molecule has 0 aliphatic heterocycles. The van der Waals surface area contributed by atoms with E-state index in [1.165, 1.54) is 89.9 Å². The van der Waals surface area contributed by atoms with Gasteiger partial charge in [0.25, 0.3) is 0 Å². The van der Waals surface area contributed by atoms with Gasteiger partial charge >= 0.3 is 17.9 Å². The summed E-state index contributed by atoms with van der Waals surface area (Å²) in [6.45, 7) is 6.44. The maximum Gasteiger partial charge on any atom is 0.306 e. The quantitative estimate of drug-likeness (QED) is 0.0262. The summed E-state index contributed by atoms with van der Waals surface area (Å²) >= 11 is 0. The average molecular weight is 974 g/mol. The van der Waals surface area contributed by atoms with E-state index in [-0.39, 0.29) is 31.1 Å². The summed E-state index contributed by atoms with van der Waals surface area (Å²) in [4.78, 5) is 38.2. The molecule has 0 fully saturated rings. The first-order valence-electron chi connectivity index (χ1n) is 29.2. The van der Waals surface area contributed by atoms with Crippen molar-refractivity contribution in [3.05, 3.63) is 97.2 Å². The highest BCUT2D eigenvalue weighted by Gasteiger charge is 2.19. The largest absolute Gasteiger partial charge is 0.462 e. The second-order valence-corrected chi connectivity index (χ2v) is 19.2. The third-order valence-corrected chi connectivity index (χ3v) is 12.3. The van der Waals surface area contributed by atoms with Crippen LogP contribution in [0.2, 0.25) is 0 Å². The Bertz CT molecular complexity index is 1400. The number of unbranched alkanes of at least 4 members (excludes halogenated alkanes) is 25. The second kappa shape index (κ2) is 57.9. The molecule has 0 heterocycles. The zero-order valence-electron chi connectivity index (χ0n) is 45.8. The van der Waals surface area contributed by atoms with Crippen LogP contribution in [0.3, 0.4) is 0 Å². The minimum Gasteiger partial charge on any atom is -0.462 e. The molecule has 0 spiro atoms. The minimum atomic E-state index is -0.793. The van der Waals surface area contributed by atoms with Crippen molar-refractivity contribution in [2.75, 3.05) is 13.2 Å². The van der Waals surface area contributed by atoms with E-state index in [1.807, 2.05) is 0 Å². The number of rotatable bonds is 52. The van der Waals surface area contributed by atoms with Gasteiger partial charge in [0.1, 0.15) is 13.2 Å². The number of carbonyl (C=O) groups excluding carboxylic acids is 3. The number of ether oxygens (including phenoxy) is 3. The zero-order valence-corrected chi connectivity index (χ0v) is 45.8. The summed E-state index contributed by atoms with van der Waals surface area (Å²) in [5, 5.41) is 0. The van der Waals surface area contributed by atoms with E-state index in [1.54, 1.807) is 0 Å². The van der Waals surface area contributed by atoms with Gasteiger partial charge in [0.15, 0.2) is 6.10 Å². The normalized spacial score (nSPS) is 12.8. The third-order valence-electron chi connectivity index (χ3n) is 12.3. The molecule has 1 atom stereocenters. The number of carbonyl (C=O) groups is 3. The Morgan fingerprint density at radius 2 is 0.586 bits per heavy atom. The van der Waals surface area contributed by atoms with Crippen molar-refractivity contribution >= 4 is 17.9 Å². The maximum atomic E-state index is 12.9. The molecule has 0 N–H and O–H groups in total. The average Bonchev–Trinajstić information content (AvgIpc) is 3.36. The van der Waals surface area contributed by atoms with Crippen LogP contribution in [0, 0.1) is 0 Å². The number of hydrogen-bond acceptors (Lipinski definition) is 6. The molecule has 0 saturated heterocycles. The maximum absolute atomic E-state index is 12.9. The summed E-state index contributed by atoms with van der Waals surface area (Å²) in [6.07, 6.45) is 76.8. The van der Waals surface area contributed by atoms with Gasteiger partial charge in [-0.15, -0.1) is 0 Å². The van der Waals surface area contributed by atoms with E-state index in [0.29, 0.717) is 19.3 Å². The standard InChI is InChI=1S/C64H108O6/c1-4-7-10-13-16-19-22-25-27-29-30-31-32-33-34-35-37-39-42-45-48-51-54-57-63(66)69-60-61(59-68-62(65)56-53-50-47-44-41-38-24-21-18-15-12-9-6-3)70-64(67)58-55-52-49-46-43-40-36-28-26-23-20-17-14-11-8-5-2/h7,10,12,15-16,19,21,24-25,27-28,30-31,33-34,36,61H,4-6,8-9,11,13-14,17-18,20,22-23,26,29,32,35,37-60H2,1-3H3/b10-7-,15-12-,19-16-,24-21-,27-25-,31-30-,34-33-,36-28-. The Morgan fingerprint density at radius 1 is 0.300 bits per heavy atom. The molecule has 0 aromatic heterocycles. The molecule has 0 aromatic rings. The van der Waals surface area contributed by atoms with Gasteiger partial charge in [-0.2, -0.15) is 0 Å². The van der Waals surface area contributed by atoms with Gasteiger partial charge < -0.3 is 14.2 Å². The summed E-state index contributed by atoms with van der Waals surface area (Å²) < 4.78 is 16.8. The van der Waals surface area contributed by atoms with Crippen molar-refractivity contribution < 1.29 is 28.6 Å². The fourth-order valence-electron chi connectivity index (χ4n) is 7.91. The van der Waals surface area contributed by atoms with E-state index in [0.717, 1.165) is 141 Å². The molecule has 0 amide bonds. The minimum absolute atomic E-state index is 0.0916. The van der Waals surface area contributed by atoms with Gasteiger partial charge in [-0.05, 0) is 116 Å². The topological polar surface area (TPSA) is 78.9 Å². The lowest BCUT2D eigenvalue weighted by Crippen LogP contribution is -2.30. The van der Waals surface area contributed by atoms with Crippen LogP contribution in [0.25, 0.3) is 0 Å². The van der Waals surface area contributed by atoms with Crippen LogP contribution in [-0.4, -0.2) is 37.2 Å². The Kier molecular flexibility index (Phi) is 54.9. The molecular weight excluding hydrogens is 865 g/mol. The van der Waals surface area contributed by atoms with E-state index in [9.17, 15) is 14.4 Å². The first-order valence-corrected chi connectivity index (χ1v) is 29.2. The summed E-state index contributed by atoms with van der Waals surface area (Å²) in [7, 11) is 0. The highest BCUT2D eigenvalue weighted by atomic mass is 16.6. The predicted molar refractivity (Wildman–Crippen MR) is 302 cm³/mol. The highest BCUT2D eigenvalue weighted by Crippen LogP contribution is 2.14. The van der Waals surface area contributed by atoms with Crippen LogP contribution >= 0.6 is 0 Å². The van der Waals surface area contributed by atoms with E-state index >= 15 is 0 Å². The molecule has 6 nitrogen and oxygen atoms in total. The van der Waals surface area contributed by atoms with Gasteiger partial charge in [-0.25, -0.2) is 0 Å². The molecular formula is C64H108O6. The molecule has 1 unspecified atom stereocenters. The molecule has 70 heavy (non-hydrogen) atoms. The lowest BCUT2D eigenvalue weighted by molar-refractivity contribution is -0.167. The molecule has 0 bridgehead atoms. The number of allylic oxidation sites excluding steroid dienone is 16. The number of hydrogen-bond donors (Lipinski definition) is 0. The Balaban J connectivity index is 4.39. The highest BCUT2D eigenvalue weighted by molar-refractivity contribution is 5.71. The van der Waals surface area contributed by atoms with Crippen molar-refractivity contribution in [1.82, 2.24) is 0 Å². The number of esters is 3. The van der Waals surface area contributed by atoms with E-state index in [4.69, 9.17) is 14.2 Å². The van der Waals surface area contributed by atoms with E-state index < -0.39 is 6.10 Å². The van der Waals surface area contributed by atoms with Crippen LogP contribution in [0.1, 0.15) is 271 Å². The van der Waals surface area contributed by atoms with Crippen molar-refractivity contribution in [3.8, 4) is 0 Å². The van der Waals surface area contributed by atoms with Crippen LogP contribution < -0.4 is 0 Å². The molecule has 0 aromatic carbocycles. The summed E-state index contributed by atoms with van der Waals surface area (Å²) in [6, 6.07) is 0. The van der Waals surface area contributed by atoms with Crippen molar-refractivity contribution in [2.45, 2.75) is 277 Å². The van der Waals surface area contributed by atoms with Crippen LogP contribution in [0.15, 0.2) is 97.2 Å². The Morgan fingerprint density at radius 3 is 0.943 bits per heavy atom. The molecule has 0 aliphatic carbocycles. The smallest absolute Gasteiger partial charge is 0.306 e. The van der Waals surface area contributed by atoms with Crippen LogP contribution in [0.4, 0.5) is 0 Å². The van der Waals surface area contributed by atoms with Crippen molar-refractivity contribution in [1.29, 1.82) is 0 Å². The van der Waals surface area contributed by atoms with Crippen molar-refractivity contribution in [3.63, 3.8) is 0 Å². The predicted octanol–water partition coefficient (Wildman–Crippen LogP) is 19.7. The first kappa shape index (κ1) is 66.3. The molecule has 6 heteroatoms. The fourth-order valence-corrected chi connectivity index (χ4v) is 7.91. The molecule has 0 saturated carbocycles. The monoisotopic (exact) mass is 973 g/mol. The van der Waals surface area contributed by atoms with Gasteiger partial charge in [-0.3, -0.25) is 14.4 Å². The van der Waals surface area contributed by atoms with E-state index in [2.05, 4.69) is 118 Å². The Labute approximate surface area is 432 Å². The fraction of sp³-hybridized carbons (Fsp3) is 0.703. The van der Waals surface area contributed by atoms with Crippen LogP contribution in [0.5, 0.6) is 0 Å². The molecule has 0 radical (unpaired) electrons. The SMILES string of the molecule is CC/C=C\C/C=C\C/C=C\C/C=C\C/C=C\CCCCCCCCCC(=O)OCC(COC(=O)CCCCCCC/C=C\C/C=C\CCC)OC(=O)CCCCCCC/C=C\CCCCCCCCC. The summed E-state index contributed by atoms with van der Waals surface area (Å²) in [5.74, 6) is -0.921. The van der Waals surface area contributed by atoms with Gasteiger partial charge in [0, 0.05) is 19.3 Å².